The number of carbonyl (C=O) groups is 1. The monoisotopic (exact) mass is 311 g/mol. The van der Waals surface area contributed by atoms with Crippen molar-refractivity contribution in [2.24, 2.45) is 0 Å². The van der Waals surface area contributed by atoms with Gasteiger partial charge in [0, 0.05) is 18.5 Å². The van der Waals surface area contributed by atoms with Crippen LogP contribution in [0.4, 0.5) is 0 Å². The van der Waals surface area contributed by atoms with Gasteiger partial charge >= 0.3 is 0 Å². The number of fused-ring (bicyclic) bond motifs is 1. The van der Waals surface area contributed by atoms with E-state index in [0.29, 0.717) is 6.04 Å². The highest BCUT2D eigenvalue weighted by atomic mass is 16.5. The Bertz CT molecular complexity index is 671. The lowest BCUT2D eigenvalue weighted by Crippen LogP contribution is -2.44. The van der Waals surface area contributed by atoms with E-state index in [-0.39, 0.29) is 5.91 Å². The fourth-order valence-electron chi connectivity index (χ4n) is 3.47. The van der Waals surface area contributed by atoms with Crippen LogP contribution in [0.2, 0.25) is 0 Å². The van der Waals surface area contributed by atoms with Crippen molar-refractivity contribution in [2.75, 3.05) is 7.05 Å². The van der Waals surface area contributed by atoms with E-state index in [2.05, 4.69) is 12.1 Å². The van der Waals surface area contributed by atoms with Crippen molar-refractivity contribution in [1.82, 2.24) is 4.90 Å². The lowest BCUT2D eigenvalue weighted by Gasteiger charge is -2.33. The van der Waals surface area contributed by atoms with Crippen LogP contribution in [-0.2, 0) is 4.79 Å². The van der Waals surface area contributed by atoms with E-state index >= 15 is 0 Å². The maximum Gasteiger partial charge on any atom is 0.263 e. The van der Waals surface area contributed by atoms with Crippen molar-refractivity contribution in [1.29, 1.82) is 0 Å². The molecule has 0 aliphatic heterocycles. The molecule has 1 aliphatic rings. The van der Waals surface area contributed by atoms with Crippen LogP contribution in [0.5, 0.6) is 5.75 Å². The topological polar surface area (TPSA) is 29.5 Å². The van der Waals surface area contributed by atoms with E-state index in [0.717, 1.165) is 29.4 Å². The molecule has 1 amide bonds. The highest BCUT2D eigenvalue weighted by molar-refractivity contribution is 5.89. The Morgan fingerprint density at radius 3 is 2.57 bits per heavy atom. The molecular formula is C20H25NO2. The number of ether oxygens (including phenoxy) is 1. The van der Waals surface area contributed by atoms with Crippen LogP contribution in [0.3, 0.4) is 0 Å². The predicted octanol–water partition coefficient (Wildman–Crippen LogP) is 4.40. The minimum Gasteiger partial charge on any atom is -0.480 e. The van der Waals surface area contributed by atoms with Crippen molar-refractivity contribution in [3.63, 3.8) is 0 Å². The molecule has 0 N–H and O–H groups in total. The Hall–Kier alpha value is -2.03. The molecule has 1 fully saturated rings. The van der Waals surface area contributed by atoms with Crippen LogP contribution in [-0.4, -0.2) is 30.0 Å². The molecular weight excluding hydrogens is 286 g/mol. The van der Waals surface area contributed by atoms with Crippen molar-refractivity contribution in [3.05, 3.63) is 42.5 Å². The summed E-state index contributed by atoms with van der Waals surface area (Å²) in [6.07, 6.45) is 5.50. The van der Waals surface area contributed by atoms with Crippen molar-refractivity contribution >= 4 is 16.7 Å². The number of carbonyl (C=O) groups excluding carboxylic acids is 1. The molecule has 23 heavy (non-hydrogen) atoms. The highest BCUT2D eigenvalue weighted by Crippen LogP contribution is 2.27. The van der Waals surface area contributed by atoms with Gasteiger partial charge in [0.1, 0.15) is 5.75 Å². The Morgan fingerprint density at radius 1 is 1.09 bits per heavy atom. The number of rotatable bonds is 4. The summed E-state index contributed by atoms with van der Waals surface area (Å²) in [4.78, 5) is 14.6. The number of nitrogens with zero attached hydrogens (tertiary/aromatic N) is 1. The number of hydrogen-bond acceptors (Lipinski definition) is 2. The minimum absolute atomic E-state index is 0.0739. The molecule has 0 spiro atoms. The van der Waals surface area contributed by atoms with Gasteiger partial charge in [-0.05, 0) is 31.2 Å². The quantitative estimate of drug-likeness (QED) is 0.837. The molecule has 3 rings (SSSR count). The first-order valence-corrected chi connectivity index (χ1v) is 8.58. The van der Waals surface area contributed by atoms with Gasteiger partial charge in [-0.2, -0.15) is 0 Å². The summed E-state index contributed by atoms with van der Waals surface area (Å²) in [5, 5.41) is 2.18. The van der Waals surface area contributed by atoms with Gasteiger partial charge in [-0.3, -0.25) is 4.79 Å². The van der Waals surface area contributed by atoms with Crippen molar-refractivity contribution in [2.45, 2.75) is 51.2 Å². The predicted molar refractivity (Wildman–Crippen MR) is 93.7 cm³/mol. The summed E-state index contributed by atoms with van der Waals surface area (Å²) in [6.45, 7) is 1.85. The van der Waals surface area contributed by atoms with Gasteiger partial charge < -0.3 is 9.64 Å². The molecule has 3 nitrogen and oxygen atoms in total. The summed E-state index contributed by atoms with van der Waals surface area (Å²) >= 11 is 0. The number of likely N-dealkylation sites (N-methyl/N-ethyl adjacent to an activating group) is 1. The largest absolute Gasteiger partial charge is 0.480 e. The molecule has 0 saturated heterocycles. The maximum absolute atomic E-state index is 12.7. The average Bonchev–Trinajstić information content (AvgIpc) is 2.61. The van der Waals surface area contributed by atoms with Gasteiger partial charge in [-0.25, -0.2) is 0 Å². The molecule has 3 heteroatoms. The smallest absolute Gasteiger partial charge is 0.263 e. The van der Waals surface area contributed by atoms with Crippen LogP contribution >= 0.6 is 0 Å². The minimum atomic E-state index is -0.465. The van der Waals surface area contributed by atoms with Crippen molar-refractivity contribution in [3.8, 4) is 5.75 Å². The lowest BCUT2D eigenvalue weighted by atomic mass is 9.94. The van der Waals surface area contributed by atoms with E-state index in [4.69, 9.17) is 4.74 Å². The number of benzene rings is 2. The summed E-state index contributed by atoms with van der Waals surface area (Å²) in [5.41, 5.74) is 0. The first kappa shape index (κ1) is 15.9. The van der Waals surface area contributed by atoms with Gasteiger partial charge in [0.05, 0.1) is 0 Å². The molecule has 0 radical (unpaired) electrons. The zero-order valence-electron chi connectivity index (χ0n) is 14.0. The van der Waals surface area contributed by atoms with E-state index in [1.165, 1.54) is 19.3 Å². The van der Waals surface area contributed by atoms with Gasteiger partial charge in [0.2, 0.25) is 0 Å². The van der Waals surface area contributed by atoms with E-state index in [1.807, 2.05) is 49.2 Å². The molecule has 0 bridgehead atoms. The molecule has 1 aliphatic carbocycles. The third-order valence-corrected chi connectivity index (χ3v) is 4.87. The Morgan fingerprint density at radius 2 is 1.78 bits per heavy atom. The van der Waals surface area contributed by atoms with Crippen LogP contribution in [0.25, 0.3) is 10.8 Å². The second kappa shape index (κ2) is 7.03. The van der Waals surface area contributed by atoms with Gasteiger partial charge in [0.15, 0.2) is 6.10 Å². The van der Waals surface area contributed by atoms with Crippen molar-refractivity contribution < 1.29 is 9.53 Å². The van der Waals surface area contributed by atoms with Crippen LogP contribution < -0.4 is 4.74 Å². The zero-order chi connectivity index (χ0) is 16.2. The molecule has 2 aromatic carbocycles. The molecule has 0 unspecified atom stereocenters. The highest BCUT2D eigenvalue weighted by Gasteiger charge is 2.26. The van der Waals surface area contributed by atoms with Gasteiger partial charge in [-0.15, -0.1) is 0 Å². The maximum atomic E-state index is 12.7. The normalized spacial score (nSPS) is 17.0. The molecule has 1 saturated carbocycles. The summed E-state index contributed by atoms with van der Waals surface area (Å²) in [5.74, 6) is 0.853. The first-order chi connectivity index (χ1) is 11.2. The second-order valence-electron chi connectivity index (χ2n) is 6.48. The molecule has 2 aromatic rings. The zero-order valence-corrected chi connectivity index (χ0v) is 14.0. The summed E-state index contributed by atoms with van der Waals surface area (Å²) in [6, 6.07) is 14.4. The Labute approximate surface area is 138 Å². The standard InChI is InChI=1S/C20H25NO2/c1-15(20(22)21(2)17-11-4-3-5-12-17)23-19-14-8-10-16-9-6-7-13-18(16)19/h6-10,13-15,17H,3-5,11-12H2,1-2H3/t15-/m0/s1. The Balaban J connectivity index is 1.72. The van der Waals surface area contributed by atoms with E-state index in [9.17, 15) is 4.79 Å². The van der Waals surface area contributed by atoms with E-state index < -0.39 is 6.10 Å². The van der Waals surface area contributed by atoms with Crippen LogP contribution in [0.1, 0.15) is 39.0 Å². The fourth-order valence-corrected chi connectivity index (χ4v) is 3.47. The third-order valence-electron chi connectivity index (χ3n) is 4.87. The molecule has 1 atom stereocenters. The summed E-state index contributed by atoms with van der Waals surface area (Å²) < 4.78 is 6.01. The first-order valence-electron chi connectivity index (χ1n) is 8.58. The average molecular weight is 311 g/mol. The summed E-state index contributed by atoms with van der Waals surface area (Å²) in [7, 11) is 1.92. The third kappa shape index (κ3) is 3.49. The fraction of sp³-hybridized carbons (Fsp3) is 0.450. The molecule has 122 valence electrons. The van der Waals surface area contributed by atoms with Gasteiger partial charge in [0.25, 0.3) is 5.91 Å². The number of amides is 1. The Kier molecular flexibility index (Phi) is 4.85. The lowest BCUT2D eigenvalue weighted by molar-refractivity contribution is -0.139. The number of hydrogen-bond donors (Lipinski definition) is 0. The second-order valence-corrected chi connectivity index (χ2v) is 6.48. The van der Waals surface area contributed by atoms with Crippen LogP contribution in [0.15, 0.2) is 42.5 Å². The molecule has 0 aromatic heterocycles. The van der Waals surface area contributed by atoms with Gasteiger partial charge in [-0.1, -0.05) is 55.7 Å². The molecule has 0 heterocycles. The van der Waals surface area contributed by atoms with Crippen LogP contribution in [0, 0.1) is 0 Å². The van der Waals surface area contributed by atoms with E-state index in [1.54, 1.807) is 0 Å². The SMILES string of the molecule is C[C@H](Oc1cccc2ccccc12)C(=O)N(C)C1CCCCC1.